The molecule has 0 bridgehead atoms. The van der Waals surface area contributed by atoms with Crippen LogP contribution < -0.4 is 5.73 Å². The van der Waals surface area contributed by atoms with Crippen LogP contribution in [-0.2, 0) is 9.47 Å². The molecule has 2 N–H and O–H groups in total. The zero-order valence-corrected chi connectivity index (χ0v) is 13.1. The average molecular weight is 314 g/mol. The highest BCUT2D eigenvalue weighted by Crippen LogP contribution is 2.40. The number of imidazole rings is 1. The molecule has 2 fully saturated rings. The number of nitrogen functional groups attached to an aromatic ring is 1. The third-order valence-corrected chi connectivity index (χ3v) is 4.97. The van der Waals surface area contributed by atoms with Gasteiger partial charge in [-0.15, -0.1) is 0 Å². The topological polar surface area (TPSA) is 75.2 Å². The van der Waals surface area contributed by atoms with Crippen LogP contribution >= 0.6 is 0 Å². The fraction of sp³-hybridized carbons (Fsp3) is 0.529. The molecule has 1 spiro atoms. The lowest BCUT2D eigenvalue weighted by molar-refractivity contribution is -0.144. The average Bonchev–Trinajstić information content (AvgIpc) is 3.05. The van der Waals surface area contributed by atoms with E-state index in [1.54, 1.807) is 6.20 Å². The summed E-state index contributed by atoms with van der Waals surface area (Å²) in [5, 5.41) is 0. The summed E-state index contributed by atoms with van der Waals surface area (Å²) in [4.78, 5) is 8.62. The van der Waals surface area contributed by atoms with E-state index < -0.39 is 0 Å². The highest BCUT2D eigenvalue weighted by atomic mass is 16.5. The van der Waals surface area contributed by atoms with Gasteiger partial charge in [0.25, 0.3) is 0 Å². The molecule has 0 radical (unpaired) electrons. The fourth-order valence-electron chi connectivity index (χ4n) is 3.75. The molecule has 0 amide bonds. The van der Waals surface area contributed by atoms with E-state index >= 15 is 0 Å². The van der Waals surface area contributed by atoms with E-state index in [0.29, 0.717) is 11.9 Å². The standard InChI is InChI=1S/C17H22N4O2/c18-15-11-13(1-5-19-15)16-20-6-7-21(16)14-2-8-23-17(12-14)3-9-22-10-4-17/h1,5-7,11,14H,2-4,8-10,12H2,(H2,18,19). The Balaban J connectivity index is 1.62. The van der Waals surface area contributed by atoms with Crippen molar-refractivity contribution < 1.29 is 9.47 Å². The van der Waals surface area contributed by atoms with Gasteiger partial charge in [-0.3, -0.25) is 0 Å². The number of hydrogen-bond donors (Lipinski definition) is 1. The molecular weight excluding hydrogens is 292 g/mol. The number of rotatable bonds is 2. The van der Waals surface area contributed by atoms with Gasteiger partial charge in [0.05, 0.1) is 5.60 Å². The Morgan fingerprint density at radius 2 is 2.04 bits per heavy atom. The molecule has 23 heavy (non-hydrogen) atoms. The molecule has 1 unspecified atom stereocenters. The van der Waals surface area contributed by atoms with Crippen LogP contribution in [0.3, 0.4) is 0 Å². The summed E-state index contributed by atoms with van der Waals surface area (Å²) in [7, 11) is 0. The first-order valence-corrected chi connectivity index (χ1v) is 8.22. The number of nitrogens with two attached hydrogens (primary N) is 1. The van der Waals surface area contributed by atoms with Crippen LogP contribution in [0.5, 0.6) is 0 Å². The molecule has 4 heterocycles. The van der Waals surface area contributed by atoms with Crippen molar-refractivity contribution in [2.45, 2.75) is 37.3 Å². The molecule has 6 nitrogen and oxygen atoms in total. The smallest absolute Gasteiger partial charge is 0.140 e. The SMILES string of the molecule is Nc1cc(-c2nccn2C2CCOC3(CCOCC3)C2)ccn1. The van der Waals surface area contributed by atoms with Crippen molar-refractivity contribution in [3.63, 3.8) is 0 Å². The van der Waals surface area contributed by atoms with Gasteiger partial charge in [0.2, 0.25) is 0 Å². The maximum atomic E-state index is 6.16. The molecule has 2 aromatic heterocycles. The van der Waals surface area contributed by atoms with Crippen LogP contribution in [0.1, 0.15) is 31.7 Å². The normalized spacial score (nSPS) is 23.9. The van der Waals surface area contributed by atoms with Gasteiger partial charge >= 0.3 is 0 Å². The number of aromatic nitrogens is 3. The minimum absolute atomic E-state index is 0.0278. The Bertz CT molecular complexity index is 673. The van der Waals surface area contributed by atoms with Crippen LogP contribution in [0.15, 0.2) is 30.7 Å². The van der Waals surface area contributed by atoms with Crippen LogP contribution in [-0.4, -0.2) is 40.0 Å². The largest absolute Gasteiger partial charge is 0.384 e. The summed E-state index contributed by atoms with van der Waals surface area (Å²) in [6.45, 7) is 2.38. The first-order valence-electron chi connectivity index (χ1n) is 8.22. The summed E-state index contributed by atoms with van der Waals surface area (Å²) >= 11 is 0. The highest BCUT2D eigenvalue weighted by molar-refractivity contribution is 5.59. The summed E-state index contributed by atoms with van der Waals surface area (Å²) in [5.41, 5.74) is 6.80. The van der Waals surface area contributed by atoms with Gasteiger partial charge < -0.3 is 19.8 Å². The number of pyridine rings is 1. The summed E-state index contributed by atoms with van der Waals surface area (Å²) in [6.07, 6.45) is 9.64. The predicted octanol–water partition coefficient (Wildman–Crippen LogP) is 2.43. The van der Waals surface area contributed by atoms with E-state index in [4.69, 9.17) is 15.2 Å². The van der Waals surface area contributed by atoms with Crippen LogP contribution in [0.25, 0.3) is 11.4 Å². The van der Waals surface area contributed by atoms with Crippen molar-refractivity contribution in [2.75, 3.05) is 25.6 Å². The summed E-state index contributed by atoms with van der Waals surface area (Å²) in [5.74, 6) is 1.47. The molecule has 2 aromatic rings. The zero-order valence-electron chi connectivity index (χ0n) is 13.1. The van der Waals surface area contributed by atoms with Gasteiger partial charge in [-0.2, -0.15) is 0 Å². The molecule has 122 valence electrons. The first-order chi connectivity index (χ1) is 11.3. The van der Waals surface area contributed by atoms with Crippen LogP contribution in [0, 0.1) is 0 Å². The van der Waals surface area contributed by atoms with E-state index in [0.717, 1.165) is 56.9 Å². The van der Waals surface area contributed by atoms with Gasteiger partial charge in [-0.1, -0.05) is 0 Å². The molecule has 2 saturated heterocycles. The highest BCUT2D eigenvalue weighted by Gasteiger charge is 2.39. The van der Waals surface area contributed by atoms with Gasteiger partial charge in [0, 0.05) is 50.0 Å². The van der Waals surface area contributed by atoms with Gasteiger partial charge in [-0.25, -0.2) is 9.97 Å². The monoisotopic (exact) mass is 314 g/mol. The maximum absolute atomic E-state index is 6.16. The van der Waals surface area contributed by atoms with E-state index in [2.05, 4.69) is 20.7 Å². The second kappa shape index (κ2) is 5.94. The maximum Gasteiger partial charge on any atom is 0.140 e. The van der Waals surface area contributed by atoms with Crippen molar-refractivity contribution in [3.05, 3.63) is 30.7 Å². The molecule has 4 rings (SSSR count). The lowest BCUT2D eigenvalue weighted by atomic mass is 9.84. The van der Waals surface area contributed by atoms with Gasteiger partial charge in [0.1, 0.15) is 11.6 Å². The molecule has 2 aliphatic rings. The number of nitrogens with zero attached hydrogens (tertiary/aromatic N) is 3. The molecule has 0 aliphatic carbocycles. The zero-order chi connectivity index (χ0) is 15.7. The number of ether oxygens (including phenoxy) is 2. The lowest BCUT2D eigenvalue weighted by Gasteiger charge is -2.43. The molecule has 1 atom stereocenters. The van der Waals surface area contributed by atoms with Gasteiger partial charge in [-0.05, 0) is 37.8 Å². The van der Waals surface area contributed by atoms with Crippen molar-refractivity contribution in [1.82, 2.24) is 14.5 Å². The van der Waals surface area contributed by atoms with Crippen molar-refractivity contribution in [3.8, 4) is 11.4 Å². The van der Waals surface area contributed by atoms with Crippen LogP contribution in [0.2, 0.25) is 0 Å². The minimum atomic E-state index is -0.0278. The second-order valence-corrected chi connectivity index (χ2v) is 6.42. The Kier molecular flexibility index (Phi) is 3.79. The third-order valence-electron chi connectivity index (χ3n) is 4.97. The number of hydrogen-bond acceptors (Lipinski definition) is 5. The Morgan fingerprint density at radius 3 is 2.87 bits per heavy atom. The number of anilines is 1. The molecule has 2 aliphatic heterocycles. The fourth-order valence-corrected chi connectivity index (χ4v) is 3.75. The molecular formula is C17H22N4O2. The van der Waals surface area contributed by atoms with Crippen molar-refractivity contribution in [1.29, 1.82) is 0 Å². The van der Waals surface area contributed by atoms with Crippen LogP contribution in [0.4, 0.5) is 5.82 Å². The lowest BCUT2D eigenvalue weighted by Crippen LogP contribution is -2.44. The van der Waals surface area contributed by atoms with Crippen molar-refractivity contribution in [2.24, 2.45) is 0 Å². The van der Waals surface area contributed by atoms with Crippen molar-refractivity contribution >= 4 is 5.82 Å². The summed E-state index contributed by atoms with van der Waals surface area (Å²) in [6, 6.07) is 4.23. The molecule has 6 heteroatoms. The van der Waals surface area contributed by atoms with E-state index in [1.807, 2.05) is 18.3 Å². The minimum Gasteiger partial charge on any atom is -0.384 e. The Morgan fingerprint density at radius 1 is 1.17 bits per heavy atom. The Hall–Kier alpha value is -1.92. The van der Waals surface area contributed by atoms with E-state index in [-0.39, 0.29) is 5.60 Å². The Labute approximate surface area is 135 Å². The molecule has 0 aromatic carbocycles. The van der Waals surface area contributed by atoms with Gasteiger partial charge in [0.15, 0.2) is 0 Å². The second-order valence-electron chi connectivity index (χ2n) is 6.42. The summed E-state index contributed by atoms with van der Waals surface area (Å²) < 4.78 is 13.9. The molecule has 0 saturated carbocycles. The quantitative estimate of drug-likeness (QED) is 0.921. The predicted molar refractivity (Wildman–Crippen MR) is 86.9 cm³/mol. The van der Waals surface area contributed by atoms with E-state index in [1.165, 1.54) is 0 Å². The first kappa shape index (κ1) is 14.7. The third kappa shape index (κ3) is 2.84. The van der Waals surface area contributed by atoms with E-state index in [9.17, 15) is 0 Å².